The van der Waals surface area contributed by atoms with Crippen molar-refractivity contribution in [2.45, 2.75) is 6.92 Å². The molecule has 1 aromatic carbocycles. The molecule has 0 aliphatic carbocycles. The molecule has 0 bridgehead atoms. The molecule has 0 saturated carbocycles. The molecular weight excluding hydrogens is 300 g/mol. The van der Waals surface area contributed by atoms with Gasteiger partial charge in [0, 0.05) is 11.1 Å². The molecule has 0 saturated heterocycles. The largest absolute Gasteiger partial charge is 0.478 e. The first kappa shape index (κ1) is 14.9. The van der Waals surface area contributed by atoms with Crippen molar-refractivity contribution in [3.8, 4) is 5.88 Å². The van der Waals surface area contributed by atoms with Crippen LogP contribution in [0.25, 0.3) is 0 Å². The molecule has 1 amide bonds. The predicted molar refractivity (Wildman–Crippen MR) is 73.8 cm³/mol. The first-order valence-corrected chi connectivity index (χ1v) is 6.22. The Morgan fingerprint density at radius 3 is 2.81 bits per heavy atom. The number of halogens is 1. The van der Waals surface area contributed by atoms with Gasteiger partial charge in [0.15, 0.2) is 6.61 Å². The van der Waals surface area contributed by atoms with Crippen molar-refractivity contribution in [2.24, 2.45) is 0 Å². The number of hydrogen-bond donors (Lipinski definition) is 2. The van der Waals surface area contributed by atoms with Crippen molar-refractivity contribution < 1.29 is 24.0 Å². The first-order valence-electron chi connectivity index (χ1n) is 5.84. The summed E-state index contributed by atoms with van der Waals surface area (Å²) in [6.45, 7) is 1.36. The molecule has 110 valence electrons. The summed E-state index contributed by atoms with van der Waals surface area (Å²) in [7, 11) is 0. The Hall–Kier alpha value is -2.54. The molecule has 2 N–H and O–H groups in total. The lowest BCUT2D eigenvalue weighted by atomic mass is 10.2. The highest BCUT2D eigenvalue weighted by Crippen LogP contribution is 2.20. The summed E-state index contributed by atoms with van der Waals surface area (Å²) in [4.78, 5) is 22.8. The fourth-order valence-electron chi connectivity index (χ4n) is 1.54. The highest BCUT2D eigenvalue weighted by atomic mass is 35.5. The van der Waals surface area contributed by atoms with E-state index in [9.17, 15) is 9.59 Å². The van der Waals surface area contributed by atoms with E-state index in [2.05, 4.69) is 10.5 Å². The van der Waals surface area contributed by atoms with Crippen molar-refractivity contribution in [1.82, 2.24) is 5.16 Å². The van der Waals surface area contributed by atoms with Crippen LogP contribution in [0.5, 0.6) is 5.88 Å². The molecule has 7 nitrogen and oxygen atoms in total. The maximum Gasteiger partial charge on any atom is 0.337 e. The van der Waals surface area contributed by atoms with Gasteiger partial charge in [0.25, 0.3) is 11.8 Å². The highest BCUT2D eigenvalue weighted by molar-refractivity contribution is 6.31. The number of hydrogen-bond acceptors (Lipinski definition) is 5. The van der Waals surface area contributed by atoms with E-state index >= 15 is 0 Å². The summed E-state index contributed by atoms with van der Waals surface area (Å²) < 4.78 is 9.87. The van der Waals surface area contributed by atoms with Crippen LogP contribution in [-0.2, 0) is 4.79 Å². The Labute approximate surface area is 124 Å². The molecule has 1 aromatic heterocycles. The number of nitrogens with zero attached hydrogens (tertiary/aromatic N) is 1. The molecule has 8 heteroatoms. The van der Waals surface area contributed by atoms with Gasteiger partial charge in [-0.25, -0.2) is 4.79 Å². The lowest BCUT2D eigenvalue weighted by Crippen LogP contribution is -2.21. The molecule has 2 aromatic rings. The van der Waals surface area contributed by atoms with Gasteiger partial charge >= 0.3 is 5.97 Å². The maximum atomic E-state index is 11.7. The third-order valence-electron chi connectivity index (χ3n) is 2.44. The van der Waals surface area contributed by atoms with E-state index in [1.54, 1.807) is 6.92 Å². The van der Waals surface area contributed by atoms with Crippen LogP contribution in [0.4, 0.5) is 5.69 Å². The molecule has 0 aliphatic heterocycles. The zero-order valence-corrected chi connectivity index (χ0v) is 11.7. The molecule has 0 radical (unpaired) electrons. The van der Waals surface area contributed by atoms with Crippen LogP contribution >= 0.6 is 11.6 Å². The third-order valence-corrected chi connectivity index (χ3v) is 2.68. The van der Waals surface area contributed by atoms with Gasteiger partial charge in [-0.05, 0) is 30.3 Å². The molecule has 0 unspecified atom stereocenters. The van der Waals surface area contributed by atoms with Crippen molar-refractivity contribution >= 4 is 29.2 Å². The number of benzene rings is 1. The van der Waals surface area contributed by atoms with Crippen LogP contribution in [0, 0.1) is 6.92 Å². The van der Waals surface area contributed by atoms with Crippen LogP contribution in [0.2, 0.25) is 5.02 Å². The monoisotopic (exact) mass is 310 g/mol. The number of nitrogens with one attached hydrogen (secondary N) is 1. The Balaban J connectivity index is 2.01. The number of ether oxygens (including phenoxy) is 1. The van der Waals surface area contributed by atoms with Gasteiger partial charge in [-0.15, -0.1) is 0 Å². The number of carbonyl (C=O) groups excluding carboxylic acids is 1. The first-order chi connectivity index (χ1) is 9.95. The fourth-order valence-corrected chi connectivity index (χ4v) is 1.71. The lowest BCUT2D eigenvalue weighted by molar-refractivity contribution is -0.118. The van der Waals surface area contributed by atoms with Gasteiger partial charge in [0.2, 0.25) is 0 Å². The SMILES string of the molecule is Cc1cc(OCC(=O)Nc2ccc(Cl)cc2C(=O)O)no1. The van der Waals surface area contributed by atoms with Crippen LogP contribution in [0.15, 0.2) is 28.8 Å². The van der Waals surface area contributed by atoms with Crippen LogP contribution in [0.1, 0.15) is 16.1 Å². The molecular formula is C13H11ClN2O5. The lowest BCUT2D eigenvalue weighted by Gasteiger charge is -2.08. The number of aromatic nitrogens is 1. The Morgan fingerprint density at radius 2 is 2.19 bits per heavy atom. The molecule has 2 rings (SSSR count). The van der Waals surface area contributed by atoms with Crippen LogP contribution in [-0.4, -0.2) is 28.7 Å². The van der Waals surface area contributed by atoms with Crippen molar-refractivity contribution in [3.05, 3.63) is 40.6 Å². The average molecular weight is 311 g/mol. The Bertz CT molecular complexity index is 683. The summed E-state index contributed by atoms with van der Waals surface area (Å²) in [6.07, 6.45) is 0. The van der Waals surface area contributed by atoms with Gasteiger partial charge in [-0.2, -0.15) is 0 Å². The second-order valence-electron chi connectivity index (χ2n) is 4.11. The topological polar surface area (TPSA) is 102 Å². The molecule has 0 fully saturated rings. The number of aromatic carboxylic acids is 1. The summed E-state index contributed by atoms with van der Waals surface area (Å²) >= 11 is 5.72. The number of amides is 1. The Kier molecular flexibility index (Phi) is 4.44. The van der Waals surface area contributed by atoms with E-state index in [0.29, 0.717) is 5.76 Å². The second kappa shape index (κ2) is 6.27. The summed E-state index contributed by atoms with van der Waals surface area (Å²) in [5.41, 5.74) is 0.0324. The molecule has 21 heavy (non-hydrogen) atoms. The van der Waals surface area contributed by atoms with Crippen molar-refractivity contribution in [3.63, 3.8) is 0 Å². The molecule has 0 atom stereocenters. The summed E-state index contributed by atoms with van der Waals surface area (Å²) in [5, 5.41) is 15.3. The van der Waals surface area contributed by atoms with Crippen molar-refractivity contribution in [1.29, 1.82) is 0 Å². The maximum absolute atomic E-state index is 11.7. The van der Waals surface area contributed by atoms with Gasteiger partial charge in [-0.3, -0.25) is 4.79 Å². The minimum Gasteiger partial charge on any atom is -0.478 e. The number of aryl methyl sites for hydroxylation is 1. The quantitative estimate of drug-likeness (QED) is 0.879. The Morgan fingerprint density at radius 1 is 1.43 bits per heavy atom. The van der Waals surface area contributed by atoms with E-state index in [-0.39, 0.29) is 28.8 Å². The smallest absolute Gasteiger partial charge is 0.337 e. The predicted octanol–water partition coefficient (Wildman–Crippen LogP) is 2.35. The molecule has 0 spiro atoms. The number of anilines is 1. The van der Waals surface area contributed by atoms with Gasteiger partial charge in [0.05, 0.1) is 11.3 Å². The van der Waals surface area contributed by atoms with Crippen molar-refractivity contribution in [2.75, 3.05) is 11.9 Å². The minimum absolute atomic E-state index is 0.104. The van der Waals surface area contributed by atoms with E-state index in [0.717, 1.165) is 0 Å². The number of rotatable bonds is 5. The van der Waals surface area contributed by atoms with E-state index in [1.807, 2.05) is 0 Å². The average Bonchev–Trinajstić information content (AvgIpc) is 2.84. The second-order valence-corrected chi connectivity index (χ2v) is 4.54. The van der Waals surface area contributed by atoms with E-state index in [1.165, 1.54) is 24.3 Å². The van der Waals surface area contributed by atoms with E-state index < -0.39 is 11.9 Å². The fraction of sp³-hybridized carbons (Fsp3) is 0.154. The zero-order valence-electron chi connectivity index (χ0n) is 10.9. The van der Waals surface area contributed by atoms with Gasteiger partial charge in [0.1, 0.15) is 5.76 Å². The summed E-state index contributed by atoms with van der Waals surface area (Å²) in [5.74, 6) is -0.991. The number of carboxylic acids is 1. The van der Waals surface area contributed by atoms with Gasteiger partial charge < -0.3 is 19.7 Å². The number of carboxylic acid groups (broad SMARTS) is 1. The van der Waals surface area contributed by atoms with Crippen LogP contribution < -0.4 is 10.1 Å². The number of carbonyl (C=O) groups is 2. The van der Waals surface area contributed by atoms with E-state index in [4.69, 9.17) is 26.0 Å². The van der Waals surface area contributed by atoms with Crippen LogP contribution in [0.3, 0.4) is 0 Å². The molecule has 0 aliphatic rings. The van der Waals surface area contributed by atoms with Gasteiger partial charge in [-0.1, -0.05) is 11.6 Å². The highest BCUT2D eigenvalue weighted by Gasteiger charge is 2.14. The normalized spacial score (nSPS) is 10.2. The third kappa shape index (κ3) is 3.96. The summed E-state index contributed by atoms with van der Waals surface area (Å²) in [6, 6.07) is 5.66. The zero-order chi connectivity index (χ0) is 15.4. The molecule has 1 heterocycles. The minimum atomic E-state index is -1.19. The standard InChI is InChI=1S/C13H11ClN2O5/c1-7-4-12(16-21-7)20-6-11(17)15-10-3-2-8(14)5-9(10)13(18)19/h2-5H,6H2,1H3,(H,15,17)(H,18,19).